The fourth-order valence-electron chi connectivity index (χ4n) is 2.36. The highest BCUT2D eigenvalue weighted by Gasteiger charge is 2.43. The lowest BCUT2D eigenvalue weighted by molar-refractivity contribution is -0.131. The predicted molar refractivity (Wildman–Crippen MR) is 109 cm³/mol. The summed E-state index contributed by atoms with van der Waals surface area (Å²) < 4.78 is 23.1. The summed E-state index contributed by atoms with van der Waals surface area (Å²) in [5.41, 5.74) is 2.82. The van der Waals surface area contributed by atoms with E-state index in [9.17, 15) is 13.2 Å². The summed E-state index contributed by atoms with van der Waals surface area (Å²) in [6.07, 6.45) is 0.0324. The molecule has 0 bridgehead atoms. The molecule has 154 valence electrons. The first kappa shape index (κ1) is 22.8. The number of fused-ring (bicyclic) bond motifs is 1. The Morgan fingerprint density at radius 3 is 2.72 bits per heavy atom. The van der Waals surface area contributed by atoms with Crippen LogP contribution in [-0.2, 0) is 21.1 Å². The number of carbonyl (C=O) groups excluding carboxylic acids is 1. The van der Waals surface area contributed by atoms with Crippen LogP contribution < -0.4 is 5.48 Å². The molecular formula is C19H20N2O6S2. The van der Waals surface area contributed by atoms with Gasteiger partial charge in [0, 0.05) is 18.2 Å². The van der Waals surface area contributed by atoms with Crippen molar-refractivity contribution in [1.82, 2.24) is 10.5 Å². The average Bonchev–Trinajstić information content (AvgIpc) is 3.09. The number of hydrogen-bond acceptors (Lipinski definition) is 8. The first-order chi connectivity index (χ1) is 13.6. The molecule has 10 heteroatoms. The van der Waals surface area contributed by atoms with Gasteiger partial charge in [0.2, 0.25) is 0 Å². The molecule has 2 aromatic rings. The standard InChI is InChI=1S/C19H20N2O6S2/c1-19(18(24)21-25,29(2,26)27)10-9-17-20-15-8-7-13(11-16(15)28-17)5-3-4-6-14(23)12-22/h7-8,11,14,22-23,25H,9-10,12H2,1-2H3,(H,21,24). The Balaban J connectivity index is 2.21. The van der Waals surface area contributed by atoms with E-state index in [0.717, 1.165) is 11.0 Å². The van der Waals surface area contributed by atoms with Gasteiger partial charge in [-0.3, -0.25) is 10.0 Å². The smallest absolute Gasteiger partial charge is 0.264 e. The number of sulfone groups is 1. The first-order valence-electron chi connectivity index (χ1n) is 8.45. The second kappa shape index (κ2) is 9.35. The van der Waals surface area contributed by atoms with Gasteiger partial charge in [-0.15, -0.1) is 11.3 Å². The quantitative estimate of drug-likeness (QED) is 0.289. The van der Waals surface area contributed by atoms with Crippen LogP contribution >= 0.6 is 11.3 Å². The number of aromatic nitrogens is 1. The van der Waals surface area contributed by atoms with Gasteiger partial charge in [-0.1, -0.05) is 11.8 Å². The Labute approximate surface area is 172 Å². The summed E-state index contributed by atoms with van der Waals surface area (Å²) >= 11 is 1.35. The van der Waals surface area contributed by atoms with Crippen molar-refractivity contribution >= 4 is 37.3 Å². The maximum Gasteiger partial charge on any atom is 0.264 e. The highest BCUT2D eigenvalue weighted by atomic mass is 32.2. The van der Waals surface area contributed by atoms with Crippen LogP contribution in [-0.4, -0.2) is 58.4 Å². The van der Waals surface area contributed by atoms with Crippen molar-refractivity contribution in [1.29, 1.82) is 0 Å². The van der Waals surface area contributed by atoms with E-state index >= 15 is 0 Å². The van der Waals surface area contributed by atoms with Crippen LogP contribution in [0.5, 0.6) is 0 Å². The lowest BCUT2D eigenvalue weighted by atomic mass is 10.0. The van der Waals surface area contributed by atoms with Crippen molar-refractivity contribution in [3.8, 4) is 23.7 Å². The van der Waals surface area contributed by atoms with Gasteiger partial charge in [-0.25, -0.2) is 18.9 Å². The summed E-state index contributed by atoms with van der Waals surface area (Å²) in [5.74, 6) is 9.26. The van der Waals surface area contributed by atoms with Crippen LogP contribution in [0.15, 0.2) is 18.2 Å². The zero-order valence-corrected chi connectivity index (χ0v) is 17.4. The molecule has 2 atom stereocenters. The van der Waals surface area contributed by atoms with Gasteiger partial charge in [-0.05, 0) is 43.4 Å². The van der Waals surface area contributed by atoms with Crippen molar-refractivity contribution in [2.45, 2.75) is 30.6 Å². The Morgan fingerprint density at radius 1 is 1.38 bits per heavy atom. The van der Waals surface area contributed by atoms with E-state index in [4.69, 9.17) is 15.4 Å². The fourth-order valence-corrected chi connectivity index (χ4v) is 4.22. The lowest BCUT2D eigenvalue weighted by Crippen LogP contribution is -2.49. The van der Waals surface area contributed by atoms with E-state index in [1.165, 1.54) is 23.7 Å². The Hall–Kier alpha value is -2.47. The average molecular weight is 437 g/mol. The SMILES string of the molecule is CC(CCc1nc2ccc(C#CC#CC(O)CO)cc2s1)(C(=O)NO)S(C)(=O)=O. The van der Waals surface area contributed by atoms with Crippen LogP contribution in [0.3, 0.4) is 0 Å². The van der Waals surface area contributed by atoms with Gasteiger partial charge in [-0.2, -0.15) is 0 Å². The number of nitrogens with one attached hydrogen (secondary N) is 1. The molecule has 0 saturated heterocycles. The third-order valence-electron chi connectivity index (χ3n) is 4.33. The van der Waals surface area contributed by atoms with Gasteiger partial charge in [0.1, 0.15) is 10.9 Å². The molecule has 0 aliphatic heterocycles. The molecule has 1 amide bonds. The van der Waals surface area contributed by atoms with Gasteiger partial charge in [0.15, 0.2) is 9.84 Å². The highest BCUT2D eigenvalue weighted by molar-refractivity contribution is 7.92. The second-order valence-corrected chi connectivity index (χ2v) is 10.0. The maximum atomic E-state index is 12.0. The minimum absolute atomic E-state index is 0.0342. The fraction of sp³-hybridized carbons (Fsp3) is 0.368. The normalized spacial score (nSPS) is 14.1. The summed E-state index contributed by atoms with van der Waals surface area (Å²) in [7, 11) is -3.76. The minimum atomic E-state index is -3.76. The minimum Gasteiger partial charge on any atom is -0.393 e. The van der Waals surface area contributed by atoms with Crippen LogP contribution in [0.4, 0.5) is 0 Å². The number of aliphatic hydroxyl groups is 2. The molecular weight excluding hydrogens is 416 g/mol. The van der Waals surface area contributed by atoms with Gasteiger partial charge >= 0.3 is 0 Å². The first-order valence-corrected chi connectivity index (χ1v) is 11.2. The number of hydroxylamine groups is 1. The molecule has 4 N–H and O–H groups in total. The maximum absolute atomic E-state index is 12.0. The molecule has 2 rings (SSSR count). The van der Waals surface area contributed by atoms with E-state index in [2.05, 4.69) is 28.7 Å². The third kappa shape index (κ3) is 5.54. The molecule has 1 heterocycles. The number of carbonyl (C=O) groups is 1. The highest BCUT2D eigenvalue weighted by Crippen LogP contribution is 2.28. The number of nitrogens with zero attached hydrogens (tertiary/aromatic N) is 1. The number of hydrogen-bond donors (Lipinski definition) is 4. The number of aliphatic hydroxyl groups excluding tert-OH is 2. The van der Waals surface area contributed by atoms with E-state index in [1.54, 1.807) is 12.1 Å². The summed E-state index contributed by atoms with van der Waals surface area (Å²) in [6.45, 7) is 0.812. The Kier molecular flexibility index (Phi) is 7.36. The molecule has 0 aliphatic rings. The zero-order valence-electron chi connectivity index (χ0n) is 15.8. The van der Waals surface area contributed by atoms with E-state index in [1.807, 2.05) is 6.07 Å². The third-order valence-corrected chi connectivity index (χ3v) is 7.43. The topological polar surface area (TPSA) is 137 Å². The number of aryl methyl sites for hydroxylation is 1. The number of thiazole rings is 1. The molecule has 1 aromatic heterocycles. The van der Waals surface area contributed by atoms with Gasteiger partial charge in [0.05, 0.1) is 21.8 Å². The largest absolute Gasteiger partial charge is 0.393 e. The Bertz CT molecular complexity index is 1130. The lowest BCUT2D eigenvalue weighted by Gasteiger charge is -2.24. The molecule has 0 aliphatic carbocycles. The second-order valence-electron chi connectivity index (χ2n) is 6.45. The van der Waals surface area contributed by atoms with E-state index < -0.39 is 33.2 Å². The van der Waals surface area contributed by atoms with E-state index in [-0.39, 0.29) is 12.8 Å². The van der Waals surface area contributed by atoms with Crippen molar-refractivity contribution < 1.29 is 28.6 Å². The Morgan fingerprint density at radius 2 is 2.10 bits per heavy atom. The van der Waals surface area contributed by atoms with Crippen molar-refractivity contribution in [3.63, 3.8) is 0 Å². The number of amides is 1. The predicted octanol–water partition coefficient (Wildman–Crippen LogP) is 0.246. The van der Waals surface area contributed by atoms with Crippen molar-refractivity contribution in [2.75, 3.05) is 12.9 Å². The van der Waals surface area contributed by atoms with E-state index in [0.29, 0.717) is 16.1 Å². The van der Waals surface area contributed by atoms with Crippen molar-refractivity contribution in [3.05, 3.63) is 28.8 Å². The van der Waals surface area contributed by atoms with Crippen LogP contribution in [0, 0.1) is 23.7 Å². The molecule has 0 spiro atoms. The molecule has 0 fully saturated rings. The summed E-state index contributed by atoms with van der Waals surface area (Å²) in [5, 5.41) is 27.3. The van der Waals surface area contributed by atoms with Crippen LogP contribution in [0.2, 0.25) is 0 Å². The number of benzene rings is 1. The molecule has 8 nitrogen and oxygen atoms in total. The molecule has 0 saturated carbocycles. The van der Waals surface area contributed by atoms with Gasteiger partial charge < -0.3 is 10.2 Å². The van der Waals surface area contributed by atoms with Crippen molar-refractivity contribution in [2.24, 2.45) is 0 Å². The van der Waals surface area contributed by atoms with Gasteiger partial charge in [0.25, 0.3) is 5.91 Å². The molecule has 2 unspecified atom stereocenters. The molecule has 29 heavy (non-hydrogen) atoms. The molecule has 1 aromatic carbocycles. The summed E-state index contributed by atoms with van der Waals surface area (Å²) in [6, 6.07) is 5.33. The molecule has 0 radical (unpaired) electrons. The van der Waals surface area contributed by atoms with Crippen LogP contribution in [0.1, 0.15) is 23.9 Å². The van der Waals surface area contributed by atoms with Crippen LogP contribution in [0.25, 0.3) is 10.2 Å². The zero-order chi connectivity index (χ0) is 21.7. The number of rotatable bonds is 6. The summed E-state index contributed by atoms with van der Waals surface area (Å²) in [4.78, 5) is 16.3. The monoisotopic (exact) mass is 436 g/mol.